The molecule has 0 unspecified atom stereocenters. The van der Waals surface area contributed by atoms with Gasteiger partial charge in [0.1, 0.15) is 12.4 Å². The molecular formula is C21H22BrO4P. The summed E-state index contributed by atoms with van der Waals surface area (Å²) < 4.78 is 29.0. The Labute approximate surface area is 168 Å². The average Bonchev–Trinajstić information content (AvgIpc) is 2.73. The second-order valence-electron chi connectivity index (χ2n) is 6.10. The van der Waals surface area contributed by atoms with Crippen molar-refractivity contribution in [3.63, 3.8) is 0 Å². The second kappa shape index (κ2) is 9.03. The molecule has 4 nitrogen and oxygen atoms in total. The van der Waals surface area contributed by atoms with Crippen LogP contribution in [0.3, 0.4) is 0 Å². The number of ether oxygens (including phenoxy) is 1. The van der Waals surface area contributed by atoms with Crippen molar-refractivity contribution in [2.75, 3.05) is 14.2 Å². The van der Waals surface area contributed by atoms with E-state index in [4.69, 9.17) is 13.8 Å². The highest BCUT2D eigenvalue weighted by molar-refractivity contribution is 9.08. The van der Waals surface area contributed by atoms with Crippen LogP contribution in [0, 0.1) is 0 Å². The molecule has 0 aliphatic heterocycles. The zero-order valence-electron chi connectivity index (χ0n) is 15.4. The Morgan fingerprint density at radius 1 is 0.889 bits per heavy atom. The number of halogens is 1. The predicted molar refractivity (Wildman–Crippen MR) is 113 cm³/mol. The summed E-state index contributed by atoms with van der Waals surface area (Å²) in [5.74, 6) is 0.796. The van der Waals surface area contributed by atoms with Crippen LogP contribution in [0.5, 0.6) is 5.75 Å². The van der Waals surface area contributed by atoms with Crippen molar-refractivity contribution in [2.24, 2.45) is 0 Å². The molecule has 0 fully saturated rings. The highest BCUT2D eigenvalue weighted by Gasteiger charge is 2.24. The van der Waals surface area contributed by atoms with E-state index in [-0.39, 0.29) is 6.16 Å². The molecule has 0 saturated carbocycles. The lowest BCUT2D eigenvalue weighted by molar-refractivity contribution is 0.275. The zero-order chi connectivity index (χ0) is 19.3. The number of alkyl halides is 1. The Bertz CT molecular complexity index is 951. The van der Waals surface area contributed by atoms with Gasteiger partial charge < -0.3 is 13.8 Å². The van der Waals surface area contributed by atoms with E-state index in [1.807, 2.05) is 60.7 Å². The van der Waals surface area contributed by atoms with Gasteiger partial charge in [-0.15, -0.1) is 0 Å². The molecule has 0 saturated heterocycles. The third-order valence-corrected chi connectivity index (χ3v) is 6.92. The molecule has 0 N–H and O–H groups in total. The van der Waals surface area contributed by atoms with Crippen LogP contribution >= 0.6 is 23.5 Å². The quantitative estimate of drug-likeness (QED) is 0.299. The number of hydrogen-bond acceptors (Lipinski definition) is 4. The van der Waals surface area contributed by atoms with Gasteiger partial charge in [0.2, 0.25) is 0 Å². The first kappa shape index (κ1) is 20.1. The van der Waals surface area contributed by atoms with E-state index >= 15 is 0 Å². The maximum atomic E-state index is 12.7. The lowest BCUT2D eigenvalue weighted by Gasteiger charge is -2.18. The van der Waals surface area contributed by atoms with Gasteiger partial charge in [0.05, 0.1) is 6.16 Å². The van der Waals surface area contributed by atoms with Crippen molar-refractivity contribution in [3.8, 4) is 5.75 Å². The molecule has 0 aliphatic rings. The van der Waals surface area contributed by atoms with Crippen LogP contribution < -0.4 is 4.74 Å². The minimum Gasteiger partial charge on any atom is -0.488 e. The molecule has 142 valence electrons. The minimum absolute atomic E-state index is 0.208. The van der Waals surface area contributed by atoms with E-state index in [1.165, 1.54) is 14.2 Å². The molecule has 0 aromatic heterocycles. The van der Waals surface area contributed by atoms with E-state index in [1.54, 1.807) is 0 Å². The standard InChI is InChI=1S/C21H22BrO4P/c1-24-27(23,25-2)15-18-11-12-20(26-14-16-7-4-3-5-8-16)19-10-6-9-17(13-22)21(18)19/h3-12H,13-15H2,1-2H3. The molecule has 0 bridgehead atoms. The SMILES string of the molecule is COP(=O)(Cc1ccc(OCc2ccccc2)c2cccc(CBr)c12)OC. The van der Waals surface area contributed by atoms with Crippen molar-refractivity contribution >= 4 is 34.3 Å². The fourth-order valence-electron chi connectivity index (χ4n) is 3.05. The highest BCUT2D eigenvalue weighted by Crippen LogP contribution is 2.51. The zero-order valence-corrected chi connectivity index (χ0v) is 17.8. The van der Waals surface area contributed by atoms with E-state index < -0.39 is 7.60 Å². The average molecular weight is 449 g/mol. The Hall–Kier alpha value is -1.65. The highest BCUT2D eigenvalue weighted by atomic mass is 79.9. The molecule has 0 heterocycles. The number of rotatable bonds is 8. The van der Waals surface area contributed by atoms with Crippen molar-refractivity contribution < 1.29 is 18.3 Å². The molecular weight excluding hydrogens is 427 g/mol. The van der Waals surface area contributed by atoms with Crippen LogP contribution in [0.1, 0.15) is 16.7 Å². The first-order chi connectivity index (χ1) is 13.1. The Balaban J connectivity index is 2.02. The molecule has 3 aromatic rings. The van der Waals surface area contributed by atoms with Gasteiger partial charge in [-0.1, -0.05) is 70.5 Å². The monoisotopic (exact) mass is 448 g/mol. The molecule has 0 aliphatic carbocycles. The van der Waals surface area contributed by atoms with Gasteiger partial charge in [-0.3, -0.25) is 4.57 Å². The van der Waals surface area contributed by atoms with Crippen LogP contribution in [0.2, 0.25) is 0 Å². The fourth-order valence-corrected chi connectivity index (χ4v) is 4.61. The van der Waals surface area contributed by atoms with Gasteiger partial charge in [-0.25, -0.2) is 0 Å². The van der Waals surface area contributed by atoms with Crippen molar-refractivity contribution in [2.45, 2.75) is 18.1 Å². The number of benzene rings is 3. The summed E-state index contributed by atoms with van der Waals surface area (Å²) in [4.78, 5) is 0. The van der Waals surface area contributed by atoms with Gasteiger partial charge in [-0.2, -0.15) is 0 Å². The Morgan fingerprint density at radius 2 is 1.63 bits per heavy atom. The summed E-state index contributed by atoms with van der Waals surface area (Å²) in [6.45, 7) is 0.489. The summed E-state index contributed by atoms with van der Waals surface area (Å²) in [6, 6.07) is 20.0. The van der Waals surface area contributed by atoms with Gasteiger partial charge in [0.25, 0.3) is 0 Å². The summed E-state index contributed by atoms with van der Waals surface area (Å²) in [5.41, 5.74) is 3.13. The van der Waals surface area contributed by atoms with Crippen LogP contribution in [-0.2, 0) is 31.7 Å². The fraction of sp³-hybridized carbons (Fsp3) is 0.238. The maximum absolute atomic E-state index is 12.7. The van der Waals surface area contributed by atoms with Crippen LogP contribution in [0.25, 0.3) is 10.8 Å². The number of fused-ring (bicyclic) bond motifs is 1. The first-order valence-electron chi connectivity index (χ1n) is 8.57. The summed E-state index contributed by atoms with van der Waals surface area (Å²) in [6.07, 6.45) is 0.208. The summed E-state index contributed by atoms with van der Waals surface area (Å²) >= 11 is 3.55. The topological polar surface area (TPSA) is 44.8 Å². The lowest BCUT2D eigenvalue weighted by atomic mass is 10.00. The smallest absolute Gasteiger partial charge is 0.334 e. The third-order valence-electron chi connectivity index (χ3n) is 4.47. The maximum Gasteiger partial charge on any atom is 0.334 e. The molecule has 0 radical (unpaired) electrons. The van der Waals surface area contributed by atoms with Crippen molar-refractivity contribution in [1.82, 2.24) is 0 Å². The molecule has 0 amide bonds. The Kier molecular flexibility index (Phi) is 6.72. The van der Waals surface area contributed by atoms with E-state index in [0.29, 0.717) is 11.9 Å². The predicted octanol–water partition coefficient (Wildman–Crippen LogP) is 6.30. The van der Waals surface area contributed by atoms with E-state index in [9.17, 15) is 4.57 Å². The van der Waals surface area contributed by atoms with E-state index in [0.717, 1.165) is 33.2 Å². The lowest BCUT2D eigenvalue weighted by Crippen LogP contribution is -2.00. The van der Waals surface area contributed by atoms with Gasteiger partial charge in [0, 0.05) is 24.9 Å². The van der Waals surface area contributed by atoms with Gasteiger partial charge in [0.15, 0.2) is 0 Å². The first-order valence-corrected chi connectivity index (χ1v) is 11.4. The molecule has 27 heavy (non-hydrogen) atoms. The van der Waals surface area contributed by atoms with Gasteiger partial charge in [-0.05, 0) is 28.1 Å². The van der Waals surface area contributed by atoms with Crippen molar-refractivity contribution in [1.29, 1.82) is 0 Å². The third kappa shape index (κ3) is 4.61. The molecule has 3 rings (SSSR count). The van der Waals surface area contributed by atoms with Gasteiger partial charge >= 0.3 is 7.60 Å². The van der Waals surface area contributed by atoms with Crippen LogP contribution in [0.15, 0.2) is 60.7 Å². The van der Waals surface area contributed by atoms with E-state index in [2.05, 4.69) is 15.9 Å². The summed E-state index contributed by atoms with van der Waals surface area (Å²) in [5, 5.41) is 2.69. The normalized spacial score (nSPS) is 11.7. The molecule has 6 heteroatoms. The molecule has 3 aromatic carbocycles. The van der Waals surface area contributed by atoms with Crippen LogP contribution in [-0.4, -0.2) is 14.2 Å². The van der Waals surface area contributed by atoms with Crippen LogP contribution in [0.4, 0.5) is 0 Å². The largest absolute Gasteiger partial charge is 0.488 e. The minimum atomic E-state index is -3.17. The molecule has 0 spiro atoms. The Morgan fingerprint density at radius 3 is 2.30 bits per heavy atom. The number of hydrogen-bond donors (Lipinski definition) is 0. The second-order valence-corrected chi connectivity index (χ2v) is 8.93. The van der Waals surface area contributed by atoms with Crippen molar-refractivity contribution in [3.05, 3.63) is 77.4 Å². The molecule has 0 atom stereocenters. The summed E-state index contributed by atoms with van der Waals surface area (Å²) in [7, 11) is -0.348.